The van der Waals surface area contributed by atoms with E-state index in [9.17, 15) is 8.42 Å². The van der Waals surface area contributed by atoms with Crippen LogP contribution >= 0.6 is 11.3 Å². The van der Waals surface area contributed by atoms with Crippen molar-refractivity contribution in [2.24, 2.45) is 7.05 Å². The van der Waals surface area contributed by atoms with Gasteiger partial charge in [0.1, 0.15) is 5.01 Å². The number of nitrogens with zero attached hydrogens (tertiary/aromatic N) is 8. The Morgan fingerprint density at radius 2 is 1.86 bits per heavy atom. The highest BCUT2D eigenvalue weighted by molar-refractivity contribution is 7.85. The maximum absolute atomic E-state index is 9.56. The lowest BCUT2D eigenvalue weighted by Crippen LogP contribution is -1.98. The Morgan fingerprint density at radius 1 is 1.03 bits per heavy atom. The summed E-state index contributed by atoms with van der Waals surface area (Å²) in [5, 5.41) is 19.6. The van der Waals surface area contributed by atoms with Gasteiger partial charge >= 0.3 is 0 Å². The zero-order valence-corrected chi connectivity index (χ0v) is 21.6. The number of benzene rings is 1. The molecular formula is C24H22N8O3S2. The largest absolute Gasteiger partial charge is 0.286 e. The smallest absolute Gasteiger partial charge is 0.264 e. The van der Waals surface area contributed by atoms with E-state index in [-0.39, 0.29) is 5.75 Å². The standard InChI is InChI=1S/C22H16N8S.C2H6O3S/c1-29-13-18(12-25-29)17-9-16-7-14(4-5-19(16)24-11-17)8-20-26-27-22-30(20)28-21(31-22)15-3-2-6-23-10-15;1-2-6(3,4)5/h2-7,9-13H,8H2,1H3;2H2,1H3,(H,3,4,5). The summed E-state index contributed by atoms with van der Waals surface area (Å²) in [7, 11) is -1.75. The first kappa shape index (κ1) is 24.6. The fraction of sp³-hybridized carbons (Fsp3) is 0.167. The minimum Gasteiger partial charge on any atom is -0.286 e. The molecule has 0 aliphatic heterocycles. The summed E-state index contributed by atoms with van der Waals surface area (Å²) in [4.78, 5) is 9.55. The average molecular weight is 535 g/mol. The second kappa shape index (κ2) is 10.1. The second-order valence-electron chi connectivity index (χ2n) is 8.16. The lowest BCUT2D eigenvalue weighted by molar-refractivity contribution is 0.484. The van der Waals surface area contributed by atoms with Crippen molar-refractivity contribution in [3.05, 3.63) is 78.8 Å². The maximum atomic E-state index is 9.56. The molecule has 0 aliphatic rings. The Hall–Kier alpha value is -4.07. The minimum atomic E-state index is -3.66. The van der Waals surface area contributed by atoms with Crippen molar-refractivity contribution in [1.29, 1.82) is 0 Å². The Labute approximate surface area is 216 Å². The lowest BCUT2D eigenvalue weighted by Gasteiger charge is -2.04. The van der Waals surface area contributed by atoms with Crippen LogP contribution in [0.3, 0.4) is 0 Å². The molecule has 0 saturated carbocycles. The fourth-order valence-corrected chi connectivity index (χ4v) is 4.42. The van der Waals surface area contributed by atoms with Gasteiger partial charge in [0.25, 0.3) is 10.1 Å². The van der Waals surface area contributed by atoms with Crippen molar-refractivity contribution in [1.82, 2.24) is 39.6 Å². The first-order chi connectivity index (χ1) is 17.8. The molecule has 0 amide bonds. The number of pyridine rings is 2. The zero-order chi connectivity index (χ0) is 26.0. The predicted octanol–water partition coefficient (Wildman–Crippen LogP) is 3.68. The number of aryl methyl sites for hydroxylation is 1. The van der Waals surface area contributed by atoms with Crippen molar-refractivity contribution >= 4 is 37.3 Å². The van der Waals surface area contributed by atoms with Crippen LogP contribution in [-0.4, -0.2) is 58.3 Å². The van der Waals surface area contributed by atoms with Crippen LogP contribution in [-0.2, 0) is 23.6 Å². The Bertz CT molecular complexity index is 1790. The number of hydrogen-bond acceptors (Lipinski definition) is 9. The SMILES string of the molecule is CCS(=O)(=O)O.Cn1cc(-c2cnc3ccc(Cc4nnc5sc(-c6cccnc6)nn45)cc3c2)cn1. The second-order valence-corrected chi connectivity index (χ2v) is 10.9. The summed E-state index contributed by atoms with van der Waals surface area (Å²) < 4.78 is 30.5. The molecule has 13 heteroatoms. The molecule has 1 N–H and O–H groups in total. The van der Waals surface area contributed by atoms with E-state index in [2.05, 4.69) is 43.5 Å². The Morgan fingerprint density at radius 3 is 2.57 bits per heavy atom. The number of aromatic nitrogens is 8. The van der Waals surface area contributed by atoms with Crippen LogP contribution in [0.5, 0.6) is 0 Å². The molecule has 5 heterocycles. The van der Waals surface area contributed by atoms with Crippen molar-refractivity contribution in [2.75, 3.05) is 5.75 Å². The predicted molar refractivity (Wildman–Crippen MR) is 141 cm³/mol. The fourth-order valence-electron chi connectivity index (χ4n) is 3.58. The van der Waals surface area contributed by atoms with Gasteiger partial charge in [0.15, 0.2) is 5.82 Å². The van der Waals surface area contributed by atoms with E-state index in [1.54, 1.807) is 10.9 Å². The van der Waals surface area contributed by atoms with E-state index in [0.29, 0.717) is 6.42 Å². The van der Waals surface area contributed by atoms with Crippen molar-refractivity contribution < 1.29 is 13.0 Å². The molecular weight excluding hydrogens is 512 g/mol. The van der Waals surface area contributed by atoms with Crippen LogP contribution in [0, 0.1) is 0 Å². The number of fused-ring (bicyclic) bond motifs is 2. The first-order valence-electron chi connectivity index (χ1n) is 11.2. The summed E-state index contributed by atoms with van der Waals surface area (Å²) in [5.74, 6) is 0.601. The van der Waals surface area contributed by atoms with Crippen molar-refractivity contribution in [3.63, 3.8) is 0 Å². The molecule has 0 unspecified atom stereocenters. The summed E-state index contributed by atoms with van der Waals surface area (Å²) in [6, 6.07) is 12.3. The normalized spacial score (nSPS) is 11.5. The van der Waals surface area contributed by atoms with Crippen molar-refractivity contribution in [2.45, 2.75) is 13.3 Å². The van der Waals surface area contributed by atoms with Gasteiger partial charge in [-0.1, -0.05) is 17.4 Å². The van der Waals surface area contributed by atoms with Crippen LogP contribution in [0.25, 0.3) is 37.6 Å². The quantitative estimate of drug-likeness (QED) is 0.328. The van der Waals surface area contributed by atoms with Gasteiger partial charge in [0.05, 0.1) is 17.5 Å². The van der Waals surface area contributed by atoms with E-state index in [4.69, 9.17) is 9.65 Å². The molecule has 5 aromatic heterocycles. The van der Waals surface area contributed by atoms with Gasteiger partial charge in [-0.3, -0.25) is 19.2 Å². The highest BCUT2D eigenvalue weighted by Crippen LogP contribution is 2.26. The summed E-state index contributed by atoms with van der Waals surface area (Å²) in [5.41, 5.74) is 5.15. The van der Waals surface area contributed by atoms with E-state index in [1.165, 1.54) is 18.3 Å². The number of hydrogen-bond donors (Lipinski definition) is 1. The molecule has 37 heavy (non-hydrogen) atoms. The van der Waals surface area contributed by atoms with E-state index < -0.39 is 10.1 Å². The summed E-state index contributed by atoms with van der Waals surface area (Å²) in [6.45, 7) is 1.37. The van der Waals surface area contributed by atoms with Gasteiger partial charge in [-0.05, 0) is 42.8 Å². The lowest BCUT2D eigenvalue weighted by atomic mass is 10.0. The third kappa shape index (κ3) is 5.69. The Kier molecular flexibility index (Phi) is 6.74. The molecule has 0 aliphatic carbocycles. The molecule has 1 aromatic carbocycles. The van der Waals surface area contributed by atoms with Crippen LogP contribution in [0.1, 0.15) is 18.3 Å². The zero-order valence-electron chi connectivity index (χ0n) is 19.9. The van der Waals surface area contributed by atoms with Crippen LogP contribution in [0.4, 0.5) is 0 Å². The molecule has 6 aromatic rings. The summed E-state index contributed by atoms with van der Waals surface area (Å²) in [6.07, 6.45) is 9.91. The third-order valence-electron chi connectivity index (χ3n) is 5.47. The molecule has 0 saturated heterocycles. The van der Waals surface area contributed by atoms with E-state index in [1.807, 2.05) is 54.5 Å². The van der Waals surface area contributed by atoms with Gasteiger partial charge in [0.2, 0.25) is 4.96 Å². The highest BCUT2D eigenvalue weighted by Gasteiger charge is 2.14. The van der Waals surface area contributed by atoms with E-state index in [0.717, 1.165) is 48.9 Å². The van der Waals surface area contributed by atoms with Gasteiger partial charge < -0.3 is 0 Å². The molecule has 6 rings (SSSR count). The van der Waals surface area contributed by atoms with Crippen LogP contribution in [0.2, 0.25) is 0 Å². The van der Waals surface area contributed by atoms with Gasteiger partial charge in [0, 0.05) is 60.3 Å². The van der Waals surface area contributed by atoms with Crippen LogP contribution < -0.4 is 0 Å². The van der Waals surface area contributed by atoms with Crippen molar-refractivity contribution in [3.8, 4) is 21.7 Å². The molecule has 0 fully saturated rings. The highest BCUT2D eigenvalue weighted by atomic mass is 32.2. The first-order valence-corrected chi connectivity index (χ1v) is 13.7. The maximum Gasteiger partial charge on any atom is 0.264 e. The number of rotatable bonds is 5. The average Bonchev–Trinajstić information content (AvgIpc) is 3.61. The van der Waals surface area contributed by atoms with Gasteiger partial charge in [-0.25, -0.2) is 0 Å². The molecule has 0 radical (unpaired) electrons. The van der Waals surface area contributed by atoms with E-state index >= 15 is 0 Å². The third-order valence-corrected chi connectivity index (χ3v) is 7.15. The molecule has 188 valence electrons. The minimum absolute atomic E-state index is 0.201. The topological polar surface area (TPSA) is 141 Å². The Balaban J connectivity index is 0.000000421. The van der Waals surface area contributed by atoms with Crippen LogP contribution in [0.15, 0.2) is 67.4 Å². The molecule has 0 spiro atoms. The van der Waals surface area contributed by atoms with Gasteiger partial charge in [-0.15, -0.1) is 10.2 Å². The summed E-state index contributed by atoms with van der Waals surface area (Å²) >= 11 is 1.51. The van der Waals surface area contributed by atoms with Gasteiger partial charge in [-0.2, -0.15) is 23.1 Å². The molecule has 11 nitrogen and oxygen atoms in total. The monoisotopic (exact) mass is 534 g/mol. The molecule has 0 bridgehead atoms. The molecule has 0 atom stereocenters.